The molecule has 0 aliphatic rings. The highest BCUT2D eigenvalue weighted by atomic mass is 32.2. The molecule has 0 atom stereocenters. The molecule has 2 rings (SSSR count). The second kappa shape index (κ2) is 7.86. The van der Waals surface area contributed by atoms with Gasteiger partial charge in [-0.15, -0.1) is 0 Å². The maximum Gasteiger partial charge on any atom is 0.534 e. The van der Waals surface area contributed by atoms with E-state index < -0.39 is 62.4 Å². The molecule has 0 heterocycles. The standard InChI is InChI=1S/C14H8F6O8S3/c15-13(16,17)30(23,24)27-9-3-1-5-11(7-9)29(21,22)12-6-2-4-10(8-12)28-31(25,26)14(18,19)20/h1-8H. The van der Waals surface area contributed by atoms with Gasteiger partial charge in [0.2, 0.25) is 9.84 Å². The first-order chi connectivity index (χ1) is 13.9. The minimum atomic E-state index is -6.11. The Morgan fingerprint density at radius 3 is 1.19 bits per heavy atom. The Labute approximate surface area is 171 Å². The van der Waals surface area contributed by atoms with Crippen LogP contribution in [-0.2, 0) is 30.1 Å². The number of alkyl halides is 6. The third-order valence-electron chi connectivity index (χ3n) is 3.21. The lowest BCUT2D eigenvalue weighted by Crippen LogP contribution is -2.28. The van der Waals surface area contributed by atoms with Crippen molar-refractivity contribution in [1.82, 2.24) is 0 Å². The minimum absolute atomic E-state index is 0.415. The number of rotatable bonds is 6. The van der Waals surface area contributed by atoms with Gasteiger partial charge in [0.25, 0.3) is 0 Å². The summed E-state index contributed by atoms with van der Waals surface area (Å²) in [5.74, 6) is -2.05. The van der Waals surface area contributed by atoms with Crippen LogP contribution in [0.3, 0.4) is 0 Å². The Bertz CT molecular complexity index is 1200. The molecule has 0 aromatic heterocycles. The highest BCUT2D eigenvalue weighted by Crippen LogP contribution is 2.32. The monoisotopic (exact) mass is 514 g/mol. The zero-order chi connectivity index (χ0) is 23.9. The van der Waals surface area contributed by atoms with Crippen molar-refractivity contribution in [2.24, 2.45) is 0 Å². The van der Waals surface area contributed by atoms with Crippen molar-refractivity contribution in [3.05, 3.63) is 48.5 Å². The van der Waals surface area contributed by atoms with Gasteiger partial charge in [0.1, 0.15) is 11.5 Å². The summed E-state index contributed by atoms with van der Waals surface area (Å²) in [6, 6.07) is 5.56. The Hall–Kier alpha value is -2.53. The van der Waals surface area contributed by atoms with Gasteiger partial charge in [-0.05, 0) is 24.3 Å². The van der Waals surface area contributed by atoms with Gasteiger partial charge in [0.15, 0.2) is 0 Å². The van der Waals surface area contributed by atoms with E-state index in [0.717, 1.165) is 24.3 Å². The predicted molar refractivity (Wildman–Crippen MR) is 89.5 cm³/mol. The van der Waals surface area contributed by atoms with E-state index in [1.165, 1.54) is 0 Å². The zero-order valence-corrected chi connectivity index (χ0v) is 16.8. The fourth-order valence-corrected chi connectivity index (χ4v) is 4.10. The van der Waals surface area contributed by atoms with Crippen LogP contribution in [0.25, 0.3) is 0 Å². The van der Waals surface area contributed by atoms with Gasteiger partial charge in [-0.3, -0.25) is 0 Å². The van der Waals surface area contributed by atoms with Crippen molar-refractivity contribution in [1.29, 1.82) is 0 Å². The molecule has 0 unspecified atom stereocenters. The lowest BCUT2D eigenvalue weighted by Gasteiger charge is -2.12. The molecule has 0 radical (unpaired) electrons. The molecular formula is C14H8F6O8S3. The summed E-state index contributed by atoms with van der Waals surface area (Å²) in [5.41, 5.74) is -11.6. The first-order valence-corrected chi connectivity index (χ1v) is 11.6. The third kappa shape index (κ3) is 5.40. The third-order valence-corrected chi connectivity index (χ3v) is 6.92. The first-order valence-electron chi connectivity index (χ1n) is 7.33. The van der Waals surface area contributed by atoms with Crippen LogP contribution in [0.2, 0.25) is 0 Å². The summed E-state index contributed by atoms with van der Waals surface area (Å²) in [6.45, 7) is 0. The summed E-state index contributed by atoms with van der Waals surface area (Å²) in [6.07, 6.45) is 0. The molecule has 8 nitrogen and oxygen atoms in total. The van der Waals surface area contributed by atoms with Crippen LogP contribution in [0.1, 0.15) is 0 Å². The molecule has 0 amide bonds. The fraction of sp³-hybridized carbons (Fsp3) is 0.143. The van der Waals surface area contributed by atoms with Gasteiger partial charge in [0, 0.05) is 12.1 Å². The van der Waals surface area contributed by atoms with Gasteiger partial charge >= 0.3 is 31.3 Å². The first kappa shape index (κ1) is 24.7. The van der Waals surface area contributed by atoms with E-state index in [1.54, 1.807) is 0 Å². The number of hydrogen-bond acceptors (Lipinski definition) is 8. The largest absolute Gasteiger partial charge is 0.534 e. The smallest absolute Gasteiger partial charge is 0.376 e. The van der Waals surface area contributed by atoms with Crippen LogP contribution in [0.4, 0.5) is 26.3 Å². The summed E-state index contributed by atoms with van der Waals surface area (Å²) < 4.78 is 151. The van der Waals surface area contributed by atoms with Gasteiger partial charge in [-0.1, -0.05) is 12.1 Å². The number of halogens is 6. The second-order valence-electron chi connectivity index (χ2n) is 5.42. The summed E-state index contributed by atoms with van der Waals surface area (Å²) >= 11 is 0. The summed E-state index contributed by atoms with van der Waals surface area (Å²) in [5, 5.41) is 0. The molecule has 2 aromatic carbocycles. The molecule has 17 heteroatoms. The Balaban J connectivity index is 2.44. The molecule has 172 valence electrons. The quantitative estimate of drug-likeness (QED) is 0.328. The molecule has 0 aliphatic heterocycles. The molecule has 0 saturated carbocycles. The van der Waals surface area contributed by atoms with Gasteiger partial charge in [-0.25, -0.2) is 8.42 Å². The van der Waals surface area contributed by atoms with Crippen LogP contribution >= 0.6 is 0 Å². The maximum absolute atomic E-state index is 12.6. The number of hydrogen-bond donors (Lipinski definition) is 0. The van der Waals surface area contributed by atoms with E-state index >= 15 is 0 Å². The van der Waals surface area contributed by atoms with Crippen molar-refractivity contribution in [2.45, 2.75) is 20.8 Å². The van der Waals surface area contributed by atoms with E-state index in [4.69, 9.17) is 0 Å². The number of sulfone groups is 1. The molecular weight excluding hydrogens is 506 g/mol. The zero-order valence-electron chi connectivity index (χ0n) is 14.4. The lowest BCUT2D eigenvalue weighted by atomic mass is 10.3. The van der Waals surface area contributed by atoms with Crippen LogP contribution in [-0.4, -0.2) is 36.3 Å². The van der Waals surface area contributed by atoms with E-state index in [1.807, 2.05) is 0 Å². The Morgan fingerprint density at radius 2 is 0.903 bits per heavy atom. The second-order valence-corrected chi connectivity index (χ2v) is 10.4. The normalized spacial score (nSPS) is 13.6. The van der Waals surface area contributed by atoms with Gasteiger partial charge < -0.3 is 8.37 Å². The van der Waals surface area contributed by atoms with Crippen LogP contribution < -0.4 is 8.37 Å². The fourth-order valence-electron chi connectivity index (χ4n) is 1.87. The molecule has 0 saturated heterocycles. The molecule has 0 aliphatic carbocycles. The predicted octanol–water partition coefficient (Wildman–Crippen LogP) is 2.98. The van der Waals surface area contributed by atoms with Crippen molar-refractivity contribution >= 4 is 30.1 Å². The average molecular weight is 514 g/mol. The molecule has 0 fully saturated rings. The van der Waals surface area contributed by atoms with Crippen molar-refractivity contribution in [2.75, 3.05) is 0 Å². The van der Waals surface area contributed by atoms with Crippen LogP contribution in [0, 0.1) is 0 Å². The van der Waals surface area contributed by atoms with Crippen molar-refractivity contribution in [3.8, 4) is 11.5 Å². The highest BCUT2D eigenvalue weighted by molar-refractivity contribution is 7.91. The van der Waals surface area contributed by atoms with Gasteiger partial charge in [0.05, 0.1) is 9.79 Å². The van der Waals surface area contributed by atoms with Crippen LogP contribution in [0.5, 0.6) is 11.5 Å². The summed E-state index contributed by atoms with van der Waals surface area (Å²) in [4.78, 5) is -1.61. The highest BCUT2D eigenvalue weighted by Gasteiger charge is 2.49. The lowest BCUT2D eigenvalue weighted by molar-refractivity contribution is -0.0504. The van der Waals surface area contributed by atoms with E-state index in [0.29, 0.717) is 24.3 Å². The van der Waals surface area contributed by atoms with Gasteiger partial charge in [-0.2, -0.15) is 43.2 Å². The maximum atomic E-state index is 12.6. The van der Waals surface area contributed by atoms with Crippen LogP contribution in [0.15, 0.2) is 58.3 Å². The van der Waals surface area contributed by atoms with E-state index in [9.17, 15) is 51.6 Å². The SMILES string of the molecule is O=S(=O)(c1cccc(OS(=O)(=O)C(F)(F)F)c1)c1cccc(OS(=O)(=O)C(F)(F)F)c1. The number of benzene rings is 2. The topological polar surface area (TPSA) is 121 Å². The van der Waals surface area contributed by atoms with Crippen molar-refractivity contribution < 1.29 is 60.0 Å². The molecule has 2 aromatic rings. The van der Waals surface area contributed by atoms with E-state index in [2.05, 4.69) is 8.37 Å². The Morgan fingerprint density at radius 1 is 0.581 bits per heavy atom. The van der Waals surface area contributed by atoms with E-state index in [-0.39, 0.29) is 0 Å². The van der Waals surface area contributed by atoms with Crippen molar-refractivity contribution in [3.63, 3.8) is 0 Å². The average Bonchev–Trinajstić information content (AvgIpc) is 2.59. The molecule has 0 N–H and O–H groups in total. The summed E-state index contributed by atoms with van der Waals surface area (Å²) in [7, 11) is -16.9. The minimum Gasteiger partial charge on any atom is -0.376 e. The molecule has 0 spiro atoms. The Kier molecular flexibility index (Phi) is 6.28. The molecule has 0 bridgehead atoms. The molecule has 31 heavy (non-hydrogen) atoms.